The highest BCUT2D eigenvalue weighted by Crippen LogP contribution is 2.11. The maximum absolute atomic E-state index is 12.5. The normalized spacial score (nSPS) is 10.7. The second kappa shape index (κ2) is 8.68. The smallest absolute Gasteiger partial charge is 0.319 e. The lowest BCUT2D eigenvalue weighted by Crippen LogP contribution is -2.37. The van der Waals surface area contributed by atoms with Crippen molar-refractivity contribution in [3.8, 4) is 12.3 Å². The number of aromatic nitrogens is 2. The van der Waals surface area contributed by atoms with E-state index in [0.29, 0.717) is 12.5 Å². The lowest BCUT2D eigenvalue weighted by Gasteiger charge is -2.10. The van der Waals surface area contributed by atoms with Crippen molar-refractivity contribution in [2.75, 3.05) is 13.6 Å². The van der Waals surface area contributed by atoms with Crippen molar-refractivity contribution in [3.05, 3.63) is 18.2 Å². The number of aliphatic imine (C=N–C) groups is 1. The Morgan fingerprint density at radius 1 is 1.61 bits per heavy atom. The van der Waals surface area contributed by atoms with Crippen LogP contribution in [0, 0.1) is 12.3 Å². The van der Waals surface area contributed by atoms with E-state index in [1.807, 2.05) is 0 Å². The Balaban J connectivity index is 0.00000289. The van der Waals surface area contributed by atoms with Crippen molar-refractivity contribution >= 4 is 29.9 Å². The van der Waals surface area contributed by atoms with E-state index >= 15 is 0 Å². The molecule has 1 heterocycles. The van der Waals surface area contributed by atoms with Gasteiger partial charge >= 0.3 is 6.55 Å². The molecule has 0 bridgehead atoms. The summed E-state index contributed by atoms with van der Waals surface area (Å²) in [5.41, 5.74) is 0. The average Bonchev–Trinajstić information content (AvgIpc) is 2.78. The van der Waals surface area contributed by atoms with Crippen LogP contribution in [0.1, 0.15) is 12.4 Å². The summed E-state index contributed by atoms with van der Waals surface area (Å²) >= 11 is 0. The molecular weight excluding hydrogens is 355 g/mol. The molecule has 2 N–H and O–H groups in total. The fourth-order valence-electron chi connectivity index (χ4n) is 1.18. The third-order valence-electron chi connectivity index (χ3n) is 1.95. The number of nitrogens with zero attached hydrogens (tertiary/aromatic N) is 3. The number of nitrogens with one attached hydrogen (secondary N) is 2. The van der Waals surface area contributed by atoms with Gasteiger partial charge in [0.05, 0.1) is 13.1 Å². The van der Waals surface area contributed by atoms with E-state index in [-0.39, 0.29) is 36.3 Å². The zero-order valence-corrected chi connectivity index (χ0v) is 12.1. The van der Waals surface area contributed by atoms with Crippen LogP contribution in [-0.4, -0.2) is 29.1 Å². The van der Waals surface area contributed by atoms with Gasteiger partial charge in [0.25, 0.3) is 0 Å². The monoisotopic (exact) mass is 369 g/mol. The fraction of sp³-hybridized carbons (Fsp3) is 0.400. The minimum Gasteiger partial charge on any atom is -0.349 e. The molecule has 5 nitrogen and oxygen atoms in total. The van der Waals surface area contributed by atoms with Gasteiger partial charge in [-0.1, -0.05) is 5.92 Å². The number of alkyl halides is 2. The van der Waals surface area contributed by atoms with Crippen LogP contribution in [0.25, 0.3) is 0 Å². The summed E-state index contributed by atoms with van der Waals surface area (Å²) in [4.78, 5) is 7.70. The minimum atomic E-state index is -2.60. The van der Waals surface area contributed by atoms with E-state index in [1.54, 1.807) is 7.05 Å². The first kappa shape index (κ1) is 16.6. The maximum atomic E-state index is 12.5. The van der Waals surface area contributed by atoms with E-state index in [9.17, 15) is 8.78 Å². The zero-order chi connectivity index (χ0) is 12.7. The second-order valence-electron chi connectivity index (χ2n) is 3.01. The molecular formula is C10H14F2IN5. The van der Waals surface area contributed by atoms with Gasteiger partial charge in [-0.3, -0.25) is 9.56 Å². The van der Waals surface area contributed by atoms with Gasteiger partial charge in [-0.25, -0.2) is 4.98 Å². The van der Waals surface area contributed by atoms with E-state index in [2.05, 4.69) is 26.5 Å². The van der Waals surface area contributed by atoms with E-state index < -0.39 is 6.55 Å². The summed E-state index contributed by atoms with van der Waals surface area (Å²) in [6.07, 6.45) is 7.62. The van der Waals surface area contributed by atoms with Crippen LogP contribution in [-0.2, 0) is 6.54 Å². The first-order chi connectivity index (χ1) is 8.19. The molecule has 1 aromatic rings. The minimum absolute atomic E-state index is 0. The molecule has 0 spiro atoms. The van der Waals surface area contributed by atoms with Crippen molar-refractivity contribution in [2.24, 2.45) is 4.99 Å². The summed E-state index contributed by atoms with van der Waals surface area (Å²) in [6, 6.07) is 0. The predicted octanol–water partition coefficient (Wildman–Crippen LogP) is 1.19. The zero-order valence-electron chi connectivity index (χ0n) is 9.73. The average molecular weight is 369 g/mol. The molecule has 0 aliphatic heterocycles. The van der Waals surface area contributed by atoms with Gasteiger partial charge in [0.2, 0.25) is 0 Å². The van der Waals surface area contributed by atoms with Crippen molar-refractivity contribution < 1.29 is 8.78 Å². The van der Waals surface area contributed by atoms with Crippen LogP contribution >= 0.6 is 24.0 Å². The number of guanidine groups is 1. The van der Waals surface area contributed by atoms with Crippen LogP contribution < -0.4 is 10.6 Å². The molecule has 0 fully saturated rings. The molecule has 8 heteroatoms. The molecule has 18 heavy (non-hydrogen) atoms. The molecule has 0 atom stereocenters. The number of hydrogen-bond acceptors (Lipinski definition) is 2. The Hall–Kier alpha value is -1.37. The van der Waals surface area contributed by atoms with Gasteiger partial charge in [0.1, 0.15) is 5.82 Å². The third kappa shape index (κ3) is 4.87. The highest BCUT2D eigenvalue weighted by atomic mass is 127. The van der Waals surface area contributed by atoms with Gasteiger partial charge < -0.3 is 10.6 Å². The van der Waals surface area contributed by atoms with Crippen LogP contribution in [0.2, 0.25) is 0 Å². The number of hydrogen-bond donors (Lipinski definition) is 2. The maximum Gasteiger partial charge on any atom is 0.319 e. The number of terminal acetylenes is 1. The fourth-order valence-corrected chi connectivity index (χ4v) is 1.18. The molecule has 0 amide bonds. The van der Waals surface area contributed by atoms with Gasteiger partial charge in [0.15, 0.2) is 5.96 Å². The van der Waals surface area contributed by atoms with Crippen LogP contribution in [0.3, 0.4) is 0 Å². The lowest BCUT2D eigenvalue weighted by molar-refractivity contribution is 0.0668. The first-order valence-electron chi connectivity index (χ1n) is 4.87. The Morgan fingerprint density at radius 2 is 2.33 bits per heavy atom. The summed E-state index contributed by atoms with van der Waals surface area (Å²) in [6.45, 7) is -2.15. The quantitative estimate of drug-likeness (QED) is 0.363. The van der Waals surface area contributed by atoms with Crippen LogP contribution in [0.15, 0.2) is 17.4 Å². The summed E-state index contributed by atoms with van der Waals surface area (Å²) in [5.74, 6) is 3.04. The SMILES string of the molecule is C#CCNC(=NC)NCc1nccn1C(F)F.I. The van der Waals surface area contributed by atoms with E-state index in [4.69, 9.17) is 6.42 Å². The van der Waals surface area contributed by atoms with Crippen molar-refractivity contribution in [2.45, 2.75) is 13.1 Å². The molecule has 100 valence electrons. The predicted molar refractivity (Wildman–Crippen MR) is 75.9 cm³/mol. The Labute approximate surface area is 121 Å². The molecule has 0 aromatic carbocycles. The molecule has 0 unspecified atom stereocenters. The van der Waals surface area contributed by atoms with Gasteiger partial charge in [0, 0.05) is 19.4 Å². The first-order valence-corrected chi connectivity index (χ1v) is 4.87. The molecule has 0 aliphatic carbocycles. The second-order valence-corrected chi connectivity index (χ2v) is 3.01. The van der Waals surface area contributed by atoms with Crippen LogP contribution in [0.4, 0.5) is 8.78 Å². The highest BCUT2D eigenvalue weighted by molar-refractivity contribution is 14.0. The molecule has 0 radical (unpaired) electrons. The number of imidazole rings is 1. The Bertz CT molecular complexity index is 424. The van der Waals surface area contributed by atoms with Gasteiger partial charge in [-0.2, -0.15) is 8.78 Å². The summed E-state index contributed by atoms with van der Waals surface area (Å²) < 4.78 is 25.8. The van der Waals surface area contributed by atoms with E-state index in [1.165, 1.54) is 12.4 Å². The topological polar surface area (TPSA) is 54.2 Å². The molecule has 0 saturated carbocycles. The summed E-state index contributed by atoms with van der Waals surface area (Å²) in [5, 5.41) is 5.64. The Morgan fingerprint density at radius 3 is 2.89 bits per heavy atom. The van der Waals surface area contributed by atoms with Gasteiger partial charge in [-0.05, 0) is 0 Å². The highest BCUT2D eigenvalue weighted by Gasteiger charge is 2.11. The Kier molecular flexibility index (Phi) is 8.02. The lowest BCUT2D eigenvalue weighted by atomic mass is 10.5. The molecule has 0 aliphatic rings. The van der Waals surface area contributed by atoms with Crippen molar-refractivity contribution in [3.63, 3.8) is 0 Å². The standard InChI is InChI=1S/C10H13F2N5.HI/c1-3-4-15-10(13-2)16-7-8-14-5-6-17(8)9(11)12;/h1,5-6,9H,4,7H2,2H3,(H2,13,15,16);1H. The number of halogens is 3. The number of rotatable bonds is 4. The molecule has 0 saturated heterocycles. The largest absolute Gasteiger partial charge is 0.349 e. The van der Waals surface area contributed by atoms with Crippen LogP contribution in [0.5, 0.6) is 0 Å². The molecule has 1 rings (SSSR count). The third-order valence-corrected chi connectivity index (χ3v) is 1.95. The molecule has 1 aromatic heterocycles. The summed E-state index contributed by atoms with van der Waals surface area (Å²) in [7, 11) is 1.56. The van der Waals surface area contributed by atoms with E-state index in [0.717, 1.165) is 4.57 Å². The van der Waals surface area contributed by atoms with Crippen molar-refractivity contribution in [1.29, 1.82) is 0 Å². The van der Waals surface area contributed by atoms with Crippen molar-refractivity contribution in [1.82, 2.24) is 20.2 Å². The van der Waals surface area contributed by atoms with Gasteiger partial charge in [-0.15, -0.1) is 30.4 Å².